The molecule has 0 saturated carbocycles. The van der Waals surface area contributed by atoms with Gasteiger partial charge in [-0.3, -0.25) is 9.78 Å². The molecule has 0 bridgehead atoms. The van der Waals surface area contributed by atoms with Crippen molar-refractivity contribution < 1.29 is 9.90 Å². The summed E-state index contributed by atoms with van der Waals surface area (Å²) in [5, 5.41) is 9.50. The Bertz CT molecular complexity index is 872. The summed E-state index contributed by atoms with van der Waals surface area (Å²) >= 11 is 0. The van der Waals surface area contributed by atoms with Crippen molar-refractivity contribution in [1.82, 2.24) is 9.97 Å². The number of phenolic OH excluding ortho intramolecular Hbond substituents is 1. The van der Waals surface area contributed by atoms with Crippen LogP contribution in [0.4, 0.5) is 5.82 Å². The van der Waals surface area contributed by atoms with Gasteiger partial charge in [0.1, 0.15) is 17.3 Å². The van der Waals surface area contributed by atoms with Crippen molar-refractivity contribution in [1.29, 1.82) is 0 Å². The molecule has 0 amide bonds. The normalized spacial score (nSPS) is 10.5. The van der Waals surface area contributed by atoms with E-state index in [1.54, 1.807) is 30.6 Å². The summed E-state index contributed by atoms with van der Waals surface area (Å²) in [5.41, 5.74) is 11.1. The lowest BCUT2D eigenvalue weighted by Crippen LogP contribution is -2.01. The number of aromatic nitrogens is 2. The van der Waals surface area contributed by atoms with Gasteiger partial charge in [0.05, 0.1) is 0 Å². The number of rotatable bonds is 4. The molecule has 0 radical (unpaired) electrons. The number of hydrogen-bond acceptors (Lipinski definition) is 5. The predicted octanol–water partition coefficient (Wildman–Crippen LogP) is 3.47. The summed E-state index contributed by atoms with van der Waals surface area (Å²) in [5.74, 6) is 0.645. The minimum atomic E-state index is 0.202. The number of benzene rings is 1. The van der Waals surface area contributed by atoms with Gasteiger partial charge in [-0.1, -0.05) is 25.1 Å². The number of hydrogen-bond donors (Lipinski definition) is 2. The minimum Gasteiger partial charge on any atom is -0.508 e. The molecule has 2 heterocycles. The minimum absolute atomic E-state index is 0.202. The molecule has 0 spiro atoms. The Morgan fingerprint density at radius 1 is 1.04 bits per heavy atom. The van der Waals surface area contributed by atoms with Gasteiger partial charge in [0.15, 0.2) is 6.29 Å². The summed E-state index contributed by atoms with van der Waals surface area (Å²) in [6.45, 7) is 2.05. The summed E-state index contributed by atoms with van der Waals surface area (Å²) in [6, 6.07) is 10.4. The molecule has 1 aromatic carbocycles. The van der Waals surface area contributed by atoms with E-state index in [-0.39, 0.29) is 5.75 Å². The molecule has 0 unspecified atom stereocenters. The average Bonchev–Trinajstić information content (AvgIpc) is 2.62. The van der Waals surface area contributed by atoms with Crippen LogP contribution in [-0.4, -0.2) is 21.4 Å². The van der Waals surface area contributed by atoms with E-state index in [1.807, 2.05) is 18.2 Å². The highest BCUT2D eigenvalue weighted by molar-refractivity contribution is 5.84. The maximum absolute atomic E-state index is 10.8. The van der Waals surface area contributed by atoms with E-state index in [0.29, 0.717) is 17.8 Å². The van der Waals surface area contributed by atoms with Crippen molar-refractivity contribution in [2.75, 3.05) is 5.73 Å². The highest BCUT2D eigenvalue weighted by Gasteiger charge is 2.15. The molecule has 0 aliphatic carbocycles. The van der Waals surface area contributed by atoms with E-state index in [0.717, 1.165) is 34.2 Å². The Morgan fingerprint density at radius 2 is 1.75 bits per heavy atom. The van der Waals surface area contributed by atoms with E-state index in [9.17, 15) is 9.90 Å². The smallest absolute Gasteiger partial charge is 0.168 e. The molecule has 3 N–H and O–H groups in total. The second kappa shape index (κ2) is 6.50. The Morgan fingerprint density at radius 3 is 2.33 bits per heavy atom. The van der Waals surface area contributed by atoms with Gasteiger partial charge < -0.3 is 10.8 Å². The van der Waals surface area contributed by atoms with Crippen molar-refractivity contribution in [3.05, 3.63) is 60.0 Å². The van der Waals surface area contributed by atoms with Crippen LogP contribution in [0.3, 0.4) is 0 Å². The summed E-state index contributed by atoms with van der Waals surface area (Å²) in [6.07, 6.45) is 4.87. The van der Waals surface area contributed by atoms with E-state index >= 15 is 0 Å². The van der Waals surface area contributed by atoms with Crippen LogP contribution in [0, 0.1) is 0 Å². The summed E-state index contributed by atoms with van der Waals surface area (Å²) < 4.78 is 0. The number of aromatic hydroxyl groups is 1. The Labute approximate surface area is 139 Å². The fourth-order valence-corrected chi connectivity index (χ4v) is 2.77. The van der Waals surface area contributed by atoms with Crippen LogP contribution in [0.1, 0.15) is 23.0 Å². The third kappa shape index (κ3) is 2.84. The molecule has 2 aromatic heterocycles. The van der Waals surface area contributed by atoms with Crippen LogP contribution in [0.2, 0.25) is 0 Å². The highest BCUT2D eigenvalue weighted by Crippen LogP contribution is 2.36. The van der Waals surface area contributed by atoms with Gasteiger partial charge in [0.25, 0.3) is 0 Å². The standard InChI is InChI=1S/C19H17N3O2/c1-2-16-17(13-3-6-14(11-23)21-9-13)10-22-19(20)18(16)12-4-7-15(24)8-5-12/h3-11,24H,2H2,1H3,(H2,20,22). The average molecular weight is 319 g/mol. The number of anilines is 1. The number of carbonyl (C=O) groups is 1. The number of carbonyl (C=O) groups excluding carboxylic acids is 1. The van der Waals surface area contributed by atoms with Gasteiger partial charge >= 0.3 is 0 Å². The van der Waals surface area contributed by atoms with Gasteiger partial charge in [-0.15, -0.1) is 0 Å². The first-order chi connectivity index (χ1) is 11.6. The fraction of sp³-hybridized carbons (Fsp3) is 0.105. The lowest BCUT2D eigenvalue weighted by Gasteiger charge is -2.16. The molecule has 5 heteroatoms. The Kier molecular flexibility index (Phi) is 4.24. The van der Waals surface area contributed by atoms with Crippen LogP contribution in [0.5, 0.6) is 5.75 Å². The summed E-state index contributed by atoms with van der Waals surface area (Å²) in [7, 11) is 0. The van der Waals surface area contributed by atoms with Crippen molar-refractivity contribution in [3.63, 3.8) is 0 Å². The highest BCUT2D eigenvalue weighted by atomic mass is 16.3. The van der Waals surface area contributed by atoms with Crippen LogP contribution in [0.15, 0.2) is 48.8 Å². The zero-order chi connectivity index (χ0) is 17.1. The molecule has 3 aromatic rings. The second-order valence-corrected chi connectivity index (χ2v) is 5.40. The molecule has 3 rings (SSSR count). The number of nitrogen functional groups attached to an aromatic ring is 1. The number of nitrogens with zero attached hydrogens (tertiary/aromatic N) is 2. The molecular weight excluding hydrogens is 302 g/mol. The third-order valence-corrected chi connectivity index (χ3v) is 3.94. The zero-order valence-electron chi connectivity index (χ0n) is 13.2. The zero-order valence-corrected chi connectivity index (χ0v) is 13.2. The van der Waals surface area contributed by atoms with Crippen molar-refractivity contribution in [3.8, 4) is 28.0 Å². The van der Waals surface area contributed by atoms with Crippen LogP contribution >= 0.6 is 0 Å². The predicted molar refractivity (Wildman–Crippen MR) is 93.7 cm³/mol. The largest absolute Gasteiger partial charge is 0.508 e. The SMILES string of the molecule is CCc1c(-c2ccc(C=O)nc2)cnc(N)c1-c1ccc(O)cc1. The second-order valence-electron chi connectivity index (χ2n) is 5.40. The first kappa shape index (κ1) is 15.7. The van der Waals surface area contributed by atoms with Crippen LogP contribution in [0.25, 0.3) is 22.3 Å². The molecule has 0 aliphatic heterocycles. The fourth-order valence-electron chi connectivity index (χ4n) is 2.77. The molecule has 0 saturated heterocycles. The van der Waals surface area contributed by atoms with Crippen LogP contribution in [-0.2, 0) is 6.42 Å². The monoisotopic (exact) mass is 319 g/mol. The van der Waals surface area contributed by atoms with E-state index in [4.69, 9.17) is 5.73 Å². The van der Waals surface area contributed by atoms with E-state index < -0.39 is 0 Å². The topological polar surface area (TPSA) is 89.1 Å². The molecule has 0 aliphatic rings. The molecule has 5 nitrogen and oxygen atoms in total. The maximum Gasteiger partial charge on any atom is 0.168 e. The quantitative estimate of drug-likeness (QED) is 0.719. The maximum atomic E-state index is 10.8. The van der Waals surface area contributed by atoms with Gasteiger partial charge in [-0.05, 0) is 35.7 Å². The van der Waals surface area contributed by atoms with E-state index in [1.165, 1.54) is 0 Å². The third-order valence-electron chi connectivity index (χ3n) is 3.94. The lowest BCUT2D eigenvalue weighted by molar-refractivity contribution is 0.111. The molecule has 0 fully saturated rings. The number of pyridine rings is 2. The van der Waals surface area contributed by atoms with Gasteiger partial charge in [0.2, 0.25) is 0 Å². The number of nitrogens with two attached hydrogens (primary N) is 1. The number of aldehydes is 1. The van der Waals surface area contributed by atoms with Crippen molar-refractivity contribution in [2.24, 2.45) is 0 Å². The number of phenols is 1. The van der Waals surface area contributed by atoms with E-state index in [2.05, 4.69) is 16.9 Å². The Balaban J connectivity index is 2.19. The molecule has 120 valence electrons. The molecule has 0 atom stereocenters. The summed E-state index contributed by atoms with van der Waals surface area (Å²) in [4.78, 5) is 19.2. The lowest BCUT2D eigenvalue weighted by atomic mass is 9.92. The van der Waals surface area contributed by atoms with Crippen molar-refractivity contribution >= 4 is 12.1 Å². The molecular formula is C19H17N3O2. The van der Waals surface area contributed by atoms with Crippen LogP contribution < -0.4 is 5.73 Å². The van der Waals surface area contributed by atoms with Crippen molar-refractivity contribution in [2.45, 2.75) is 13.3 Å². The van der Waals surface area contributed by atoms with Gasteiger partial charge in [0, 0.05) is 29.1 Å². The first-order valence-corrected chi connectivity index (χ1v) is 7.62. The molecule has 24 heavy (non-hydrogen) atoms. The Hall–Kier alpha value is -3.21. The van der Waals surface area contributed by atoms with Gasteiger partial charge in [-0.2, -0.15) is 0 Å². The first-order valence-electron chi connectivity index (χ1n) is 7.62. The van der Waals surface area contributed by atoms with Gasteiger partial charge in [-0.25, -0.2) is 4.98 Å².